The topological polar surface area (TPSA) is 60.8 Å². The van der Waals surface area contributed by atoms with Crippen molar-refractivity contribution in [3.63, 3.8) is 0 Å². The highest BCUT2D eigenvalue weighted by molar-refractivity contribution is 7.99. The lowest BCUT2D eigenvalue weighted by atomic mass is 10.5. The third-order valence-corrected chi connectivity index (χ3v) is 3.78. The third kappa shape index (κ3) is 4.35. The summed E-state index contributed by atoms with van der Waals surface area (Å²) in [4.78, 5) is 8.88. The zero-order valence-corrected chi connectivity index (χ0v) is 13.3. The molecule has 5 nitrogen and oxygen atoms in total. The summed E-state index contributed by atoms with van der Waals surface area (Å²) in [5.74, 6) is 1.49. The molecule has 0 aromatic carbocycles. The first-order valence-electron chi connectivity index (χ1n) is 6.34. The smallest absolute Gasteiger partial charge is 0.233 e. The van der Waals surface area contributed by atoms with Crippen molar-refractivity contribution in [3.05, 3.63) is 23.9 Å². The molecule has 0 saturated carbocycles. The van der Waals surface area contributed by atoms with Crippen molar-refractivity contribution >= 4 is 23.5 Å². The van der Waals surface area contributed by atoms with Crippen molar-refractivity contribution in [2.75, 3.05) is 12.4 Å². The molecular weight excluding hydrogens is 292 g/mol. The SMILES string of the molecule is CCOc1ccc(Sc2cc(C)nc(SCC)n2)nn1. The zero-order valence-electron chi connectivity index (χ0n) is 11.7. The van der Waals surface area contributed by atoms with E-state index in [4.69, 9.17) is 4.74 Å². The van der Waals surface area contributed by atoms with E-state index in [1.165, 1.54) is 11.8 Å². The summed E-state index contributed by atoms with van der Waals surface area (Å²) in [6.45, 7) is 6.56. The molecule has 20 heavy (non-hydrogen) atoms. The number of nitrogens with zero attached hydrogens (tertiary/aromatic N) is 4. The quantitative estimate of drug-likeness (QED) is 0.461. The molecule has 106 valence electrons. The van der Waals surface area contributed by atoms with Gasteiger partial charge in [-0.2, -0.15) is 0 Å². The van der Waals surface area contributed by atoms with Gasteiger partial charge in [0.1, 0.15) is 10.1 Å². The van der Waals surface area contributed by atoms with Gasteiger partial charge in [0.2, 0.25) is 5.88 Å². The average molecular weight is 308 g/mol. The van der Waals surface area contributed by atoms with Crippen LogP contribution in [0.3, 0.4) is 0 Å². The Morgan fingerprint density at radius 2 is 1.95 bits per heavy atom. The highest BCUT2D eigenvalue weighted by Gasteiger charge is 2.06. The van der Waals surface area contributed by atoms with Gasteiger partial charge in [0.15, 0.2) is 5.16 Å². The lowest BCUT2D eigenvalue weighted by Crippen LogP contribution is -1.97. The van der Waals surface area contributed by atoms with E-state index in [1.54, 1.807) is 11.8 Å². The van der Waals surface area contributed by atoms with E-state index < -0.39 is 0 Å². The maximum Gasteiger partial charge on any atom is 0.233 e. The molecule has 0 saturated heterocycles. The summed E-state index contributed by atoms with van der Waals surface area (Å²) < 4.78 is 5.27. The van der Waals surface area contributed by atoms with Gasteiger partial charge in [-0.25, -0.2) is 9.97 Å². The zero-order chi connectivity index (χ0) is 14.4. The van der Waals surface area contributed by atoms with Gasteiger partial charge in [-0.3, -0.25) is 0 Å². The van der Waals surface area contributed by atoms with Crippen LogP contribution in [0, 0.1) is 6.92 Å². The lowest BCUT2D eigenvalue weighted by molar-refractivity contribution is 0.321. The van der Waals surface area contributed by atoms with E-state index in [0.717, 1.165) is 26.7 Å². The van der Waals surface area contributed by atoms with Crippen LogP contribution < -0.4 is 4.74 Å². The maximum atomic E-state index is 5.27. The molecule has 0 aliphatic heterocycles. The van der Waals surface area contributed by atoms with E-state index in [2.05, 4.69) is 27.1 Å². The first-order valence-corrected chi connectivity index (χ1v) is 8.14. The van der Waals surface area contributed by atoms with Crippen molar-refractivity contribution in [2.24, 2.45) is 0 Å². The van der Waals surface area contributed by atoms with Crippen LogP contribution >= 0.6 is 23.5 Å². The summed E-state index contributed by atoms with van der Waals surface area (Å²) in [5.41, 5.74) is 0.956. The molecular formula is C13H16N4OS2. The van der Waals surface area contributed by atoms with Crippen molar-refractivity contribution in [2.45, 2.75) is 36.0 Å². The van der Waals surface area contributed by atoms with Crippen LogP contribution in [0.4, 0.5) is 0 Å². The van der Waals surface area contributed by atoms with Crippen LogP contribution in [0.1, 0.15) is 19.5 Å². The predicted molar refractivity (Wildman–Crippen MR) is 80.5 cm³/mol. The number of aryl methyl sites for hydroxylation is 1. The standard InChI is InChI=1S/C13H16N4OS2/c1-4-18-10-6-7-11(17-16-10)20-12-8-9(3)14-13(15-12)19-5-2/h6-8H,4-5H2,1-3H3. The number of thioether (sulfide) groups is 1. The van der Waals surface area contributed by atoms with Crippen LogP contribution in [0.25, 0.3) is 0 Å². The summed E-state index contributed by atoms with van der Waals surface area (Å²) in [5, 5.41) is 10.6. The van der Waals surface area contributed by atoms with Crippen LogP contribution in [-0.4, -0.2) is 32.5 Å². The summed E-state index contributed by atoms with van der Waals surface area (Å²) >= 11 is 3.11. The minimum absolute atomic E-state index is 0.540. The first-order chi connectivity index (χ1) is 9.71. The molecule has 0 fully saturated rings. The van der Waals surface area contributed by atoms with E-state index in [1.807, 2.05) is 32.0 Å². The van der Waals surface area contributed by atoms with Gasteiger partial charge in [-0.1, -0.05) is 18.7 Å². The monoisotopic (exact) mass is 308 g/mol. The Bertz CT molecular complexity index is 563. The lowest BCUT2D eigenvalue weighted by Gasteiger charge is -2.04. The Hall–Kier alpha value is -1.34. The summed E-state index contributed by atoms with van der Waals surface area (Å²) in [6, 6.07) is 5.64. The molecule has 2 aromatic heterocycles. The fourth-order valence-corrected chi connectivity index (χ4v) is 2.93. The highest BCUT2D eigenvalue weighted by atomic mass is 32.2. The van der Waals surface area contributed by atoms with Crippen molar-refractivity contribution in [1.29, 1.82) is 0 Å². The minimum atomic E-state index is 0.540. The largest absolute Gasteiger partial charge is 0.477 e. The summed E-state index contributed by atoms with van der Waals surface area (Å²) in [6.07, 6.45) is 0. The Morgan fingerprint density at radius 3 is 2.60 bits per heavy atom. The molecule has 0 aliphatic rings. The maximum absolute atomic E-state index is 5.27. The van der Waals surface area contributed by atoms with Gasteiger partial charge in [-0.05, 0) is 43.5 Å². The highest BCUT2D eigenvalue weighted by Crippen LogP contribution is 2.26. The minimum Gasteiger partial charge on any atom is -0.477 e. The second-order valence-electron chi connectivity index (χ2n) is 3.81. The predicted octanol–water partition coefficient (Wildman–Crippen LogP) is 3.24. The normalized spacial score (nSPS) is 10.6. The molecule has 0 aliphatic carbocycles. The fourth-order valence-electron chi connectivity index (χ4n) is 1.45. The number of ether oxygens (including phenoxy) is 1. The molecule has 0 unspecified atom stereocenters. The van der Waals surface area contributed by atoms with E-state index >= 15 is 0 Å². The van der Waals surface area contributed by atoms with Crippen LogP contribution in [0.15, 0.2) is 33.4 Å². The molecule has 0 radical (unpaired) electrons. The van der Waals surface area contributed by atoms with Crippen LogP contribution in [0.5, 0.6) is 5.88 Å². The van der Waals surface area contributed by atoms with Gasteiger partial charge >= 0.3 is 0 Å². The van der Waals surface area contributed by atoms with Gasteiger partial charge in [0.25, 0.3) is 0 Å². The van der Waals surface area contributed by atoms with Crippen molar-refractivity contribution in [3.8, 4) is 5.88 Å². The van der Waals surface area contributed by atoms with E-state index in [9.17, 15) is 0 Å². The average Bonchev–Trinajstić information content (AvgIpc) is 2.41. The number of aromatic nitrogens is 4. The number of hydrogen-bond acceptors (Lipinski definition) is 7. The van der Waals surface area contributed by atoms with E-state index in [0.29, 0.717) is 12.5 Å². The van der Waals surface area contributed by atoms with Crippen LogP contribution in [-0.2, 0) is 0 Å². The van der Waals surface area contributed by atoms with Gasteiger partial charge in [0.05, 0.1) is 6.61 Å². The van der Waals surface area contributed by atoms with Gasteiger partial charge in [0, 0.05) is 11.8 Å². The van der Waals surface area contributed by atoms with Crippen molar-refractivity contribution in [1.82, 2.24) is 20.2 Å². The molecule has 0 bridgehead atoms. The molecule has 0 atom stereocenters. The Balaban J connectivity index is 2.12. The number of rotatable bonds is 6. The molecule has 0 N–H and O–H groups in total. The Morgan fingerprint density at radius 1 is 1.10 bits per heavy atom. The first kappa shape index (κ1) is 15.1. The Labute approximate surface area is 127 Å². The second-order valence-corrected chi connectivity index (χ2v) is 6.08. The molecule has 2 heterocycles. The second kappa shape index (κ2) is 7.44. The molecule has 7 heteroatoms. The molecule has 0 spiro atoms. The molecule has 0 amide bonds. The third-order valence-electron chi connectivity index (χ3n) is 2.20. The summed E-state index contributed by atoms with van der Waals surface area (Å²) in [7, 11) is 0. The van der Waals surface area contributed by atoms with Gasteiger partial charge in [-0.15, -0.1) is 10.2 Å². The van der Waals surface area contributed by atoms with Crippen LogP contribution in [0.2, 0.25) is 0 Å². The molecule has 2 rings (SSSR count). The van der Waals surface area contributed by atoms with Gasteiger partial charge < -0.3 is 4.74 Å². The Kier molecular flexibility index (Phi) is 5.60. The molecule has 2 aromatic rings. The number of hydrogen-bond donors (Lipinski definition) is 0. The van der Waals surface area contributed by atoms with Crippen molar-refractivity contribution < 1.29 is 4.74 Å². The van der Waals surface area contributed by atoms with E-state index in [-0.39, 0.29) is 0 Å². The fraction of sp³-hybridized carbons (Fsp3) is 0.385.